The van der Waals surface area contributed by atoms with E-state index in [1.807, 2.05) is 24.3 Å². The fourth-order valence-corrected chi connectivity index (χ4v) is 3.58. The van der Waals surface area contributed by atoms with Gasteiger partial charge in [-0.1, -0.05) is 32.0 Å². The summed E-state index contributed by atoms with van der Waals surface area (Å²) in [6.07, 6.45) is 0.857. The van der Waals surface area contributed by atoms with Crippen LogP contribution < -0.4 is 5.32 Å². The SMILES string of the molecule is CCC1(CC)NC(=O)N(CC(=O)OCC(=O)c2c(C)[nH]c3ccccc23)C1=O. The number of aromatic amines is 1. The average Bonchev–Trinajstić information content (AvgIpc) is 3.14. The van der Waals surface area contributed by atoms with Crippen LogP contribution in [0.15, 0.2) is 24.3 Å². The molecule has 8 heteroatoms. The van der Waals surface area contributed by atoms with E-state index in [4.69, 9.17) is 4.74 Å². The molecule has 1 aliphatic rings. The van der Waals surface area contributed by atoms with Gasteiger partial charge in [0.1, 0.15) is 12.1 Å². The third-order valence-electron chi connectivity index (χ3n) is 5.28. The monoisotopic (exact) mass is 385 g/mol. The Morgan fingerprint density at radius 3 is 2.46 bits per heavy atom. The van der Waals surface area contributed by atoms with E-state index in [0.717, 1.165) is 15.8 Å². The molecule has 0 unspecified atom stereocenters. The summed E-state index contributed by atoms with van der Waals surface area (Å²) >= 11 is 0. The number of ketones is 1. The Morgan fingerprint density at radius 1 is 1.14 bits per heavy atom. The first-order chi connectivity index (χ1) is 13.3. The number of amides is 3. The summed E-state index contributed by atoms with van der Waals surface area (Å²) in [6, 6.07) is 6.73. The maximum atomic E-state index is 12.5. The molecule has 0 saturated carbocycles. The fourth-order valence-electron chi connectivity index (χ4n) is 3.58. The number of nitrogens with one attached hydrogen (secondary N) is 2. The first-order valence-corrected chi connectivity index (χ1v) is 9.23. The minimum absolute atomic E-state index is 0.350. The Morgan fingerprint density at radius 2 is 1.82 bits per heavy atom. The number of aromatic nitrogens is 1. The number of para-hydroxylation sites is 1. The van der Waals surface area contributed by atoms with Crippen molar-refractivity contribution >= 4 is 34.6 Å². The highest BCUT2D eigenvalue weighted by Gasteiger charge is 2.49. The smallest absolute Gasteiger partial charge is 0.326 e. The molecule has 1 aromatic heterocycles. The molecule has 148 valence electrons. The van der Waals surface area contributed by atoms with Crippen molar-refractivity contribution in [3.8, 4) is 0 Å². The normalized spacial score (nSPS) is 15.8. The second-order valence-electron chi connectivity index (χ2n) is 6.87. The molecule has 0 atom stereocenters. The highest BCUT2D eigenvalue weighted by Crippen LogP contribution is 2.25. The minimum atomic E-state index is -0.978. The van der Waals surface area contributed by atoms with Gasteiger partial charge >= 0.3 is 12.0 Å². The number of ether oxygens (including phenoxy) is 1. The predicted molar refractivity (Wildman–Crippen MR) is 102 cm³/mol. The van der Waals surface area contributed by atoms with Crippen molar-refractivity contribution in [3.05, 3.63) is 35.5 Å². The van der Waals surface area contributed by atoms with Gasteiger partial charge in [0.25, 0.3) is 5.91 Å². The Bertz CT molecular complexity index is 958. The molecule has 0 aliphatic carbocycles. The van der Waals surface area contributed by atoms with Crippen molar-refractivity contribution in [1.82, 2.24) is 15.2 Å². The summed E-state index contributed by atoms with van der Waals surface area (Å²) in [6.45, 7) is 4.39. The van der Waals surface area contributed by atoms with Crippen LogP contribution in [0, 0.1) is 6.92 Å². The van der Waals surface area contributed by atoms with Crippen LogP contribution in [0.4, 0.5) is 4.79 Å². The molecule has 0 radical (unpaired) electrons. The molecular weight excluding hydrogens is 362 g/mol. The Hall–Kier alpha value is -3.16. The van der Waals surface area contributed by atoms with E-state index in [1.165, 1.54) is 0 Å². The quantitative estimate of drug-likeness (QED) is 0.432. The van der Waals surface area contributed by atoms with Gasteiger partial charge in [-0.2, -0.15) is 0 Å². The largest absolute Gasteiger partial charge is 0.456 e. The second-order valence-corrected chi connectivity index (χ2v) is 6.87. The van der Waals surface area contributed by atoms with Gasteiger partial charge in [-0.25, -0.2) is 4.79 Å². The molecule has 1 fully saturated rings. The standard InChI is InChI=1S/C20H23N3O5/c1-4-20(5-2)18(26)23(19(27)22-20)10-16(25)28-11-15(24)17-12(3)21-14-9-7-6-8-13(14)17/h6-9,21H,4-5,10-11H2,1-3H3,(H,22,27). The van der Waals surface area contributed by atoms with E-state index in [9.17, 15) is 19.2 Å². The van der Waals surface area contributed by atoms with Crippen molar-refractivity contribution in [1.29, 1.82) is 0 Å². The molecule has 8 nitrogen and oxygen atoms in total. The number of hydrogen-bond donors (Lipinski definition) is 2. The maximum absolute atomic E-state index is 12.5. The predicted octanol–water partition coefficient (Wildman–Crippen LogP) is 2.31. The van der Waals surface area contributed by atoms with E-state index in [-0.39, 0.29) is 5.78 Å². The van der Waals surface area contributed by atoms with Crippen molar-refractivity contribution in [2.24, 2.45) is 0 Å². The number of carbonyl (C=O) groups excluding carboxylic acids is 4. The molecular formula is C20H23N3O5. The lowest BCUT2D eigenvalue weighted by molar-refractivity contribution is -0.146. The van der Waals surface area contributed by atoms with Crippen LogP contribution in [-0.4, -0.2) is 52.3 Å². The molecule has 1 aromatic carbocycles. The lowest BCUT2D eigenvalue weighted by Gasteiger charge is -2.22. The highest BCUT2D eigenvalue weighted by molar-refractivity contribution is 6.11. The van der Waals surface area contributed by atoms with Crippen LogP contribution in [-0.2, 0) is 14.3 Å². The van der Waals surface area contributed by atoms with Crippen LogP contribution in [0.2, 0.25) is 0 Å². The Labute approximate surface area is 162 Å². The number of imide groups is 1. The van der Waals surface area contributed by atoms with E-state index >= 15 is 0 Å². The van der Waals surface area contributed by atoms with Crippen molar-refractivity contribution in [2.75, 3.05) is 13.2 Å². The molecule has 3 rings (SSSR count). The van der Waals surface area contributed by atoms with Crippen LogP contribution in [0.3, 0.4) is 0 Å². The summed E-state index contributed by atoms with van der Waals surface area (Å²) in [5.41, 5.74) is 1.000. The molecule has 2 aromatic rings. The average molecular weight is 385 g/mol. The topological polar surface area (TPSA) is 109 Å². The number of Topliss-reactive ketones (excluding diaryl/α,β-unsaturated/α-hetero) is 1. The number of hydrogen-bond acceptors (Lipinski definition) is 5. The second kappa shape index (κ2) is 7.46. The number of carbonyl (C=O) groups is 4. The molecule has 1 saturated heterocycles. The first-order valence-electron chi connectivity index (χ1n) is 9.23. The van der Waals surface area contributed by atoms with Crippen molar-refractivity contribution < 1.29 is 23.9 Å². The number of benzene rings is 1. The molecule has 2 heterocycles. The number of esters is 1. The summed E-state index contributed by atoms with van der Waals surface area (Å²) < 4.78 is 5.05. The van der Waals surface area contributed by atoms with Crippen molar-refractivity contribution in [3.63, 3.8) is 0 Å². The first kappa shape index (κ1) is 19.6. The molecule has 28 heavy (non-hydrogen) atoms. The zero-order valence-corrected chi connectivity index (χ0v) is 16.1. The van der Waals surface area contributed by atoms with Crippen molar-refractivity contribution in [2.45, 2.75) is 39.2 Å². The van der Waals surface area contributed by atoms with E-state index in [2.05, 4.69) is 10.3 Å². The minimum Gasteiger partial charge on any atom is -0.456 e. The number of H-pyrrole nitrogens is 1. The van der Waals surface area contributed by atoms with Gasteiger partial charge < -0.3 is 15.0 Å². The Balaban J connectivity index is 1.64. The zero-order valence-electron chi connectivity index (χ0n) is 16.1. The lowest BCUT2D eigenvalue weighted by atomic mass is 9.93. The fraction of sp³-hybridized carbons (Fsp3) is 0.400. The zero-order chi connectivity index (χ0) is 20.5. The highest BCUT2D eigenvalue weighted by atomic mass is 16.5. The van der Waals surface area contributed by atoms with Gasteiger partial charge in [-0.3, -0.25) is 19.3 Å². The van der Waals surface area contributed by atoms with E-state index in [1.54, 1.807) is 20.8 Å². The summed E-state index contributed by atoms with van der Waals surface area (Å²) in [7, 11) is 0. The lowest BCUT2D eigenvalue weighted by Crippen LogP contribution is -2.46. The third kappa shape index (κ3) is 3.26. The van der Waals surface area contributed by atoms with Gasteiger partial charge in [-0.15, -0.1) is 0 Å². The van der Waals surface area contributed by atoms with Gasteiger partial charge in [0.15, 0.2) is 6.61 Å². The van der Waals surface area contributed by atoms with E-state index < -0.39 is 36.6 Å². The number of urea groups is 1. The number of fused-ring (bicyclic) bond motifs is 1. The number of aryl methyl sites for hydroxylation is 1. The van der Waals surface area contributed by atoms with Crippen LogP contribution in [0.5, 0.6) is 0 Å². The molecule has 2 N–H and O–H groups in total. The number of nitrogens with zero attached hydrogens (tertiary/aromatic N) is 1. The number of rotatable bonds is 7. The van der Waals surface area contributed by atoms with Crippen LogP contribution >= 0.6 is 0 Å². The Kier molecular flexibility index (Phi) is 5.22. The van der Waals surface area contributed by atoms with Crippen LogP contribution in [0.25, 0.3) is 10.9 Å². The molecule has 0 bridgehead atoms. The molecule has 3 amide bonds. The van der Waals surface area contributed by atoms with Crippen LogP contribution in [0.1, 0.15) is 42.7 Å². The molecule has 0 spiro atoms. The third-order valence-corrected chi connectivity index (χ3v) is 5.28. The maximum Gasteiger partial charge on any atom is 0.326 e. The van der Waals surface area contributed by atoms with Gasteiger partial charge in [0.05, 0.1) is 0 Å². The summed E-state index contributed by atoms with van der Waals surface area (Å²) in [4.78, 5) is 53.3. The van der Waals surface area contributed by atoms with E-state index in [0.29, 0.717) is 24.1 Å². The van der Waals surface area contributed by atoms with Gasteiger partial charge in [-0.05, 0) is 25.8 Å². The summed E-state index contributed by atoms with van der Waals surface area (Å²) in [5.74, 6) is -1.60. The molecule has 1 aliphatic heterocycles. The van der Waals surface area contributed by atoms with Gasteiger partial charge in [0.2, 0.25) is 5.78 Å². The summed E-state index contributed by atoms with van der Waals surface area (Å²) in [5, 5.41) is 3.40. The van der Waals surface area contributed by atoms with Gasteiger partial charge in [0, 0.05) is 22.2 Å².